The number of hydrogen-bond donors (Lipinski definition) is 3. The Morgan fingerprint density at radius 2 is 2.04 bits per heavy atom. The molecule has 0 unspecified atom stereocenters. The number of H-pyrrole nitrogens is 1. The van der Waals surface area contributed by atoms with Gasteiger partial charge in [0.1, 0.15) is 5.82 Å². The molecule has 11 heteroatoms. The van der Waals surface area contributed by atoms with Gasteiger partial charge in [0.25, 0.3) is 0 Å². The summed E-state index contributed by atoms with van der Waals surface area (Å²) in [4.78, 5) is 15.3. The van der Waals surface area contributed by atoms with Crippen molar-refractivity contribution in [2.75, 3.05) is 36.9 Å². The van der Waals surface area contributed by atoms with E-state index in [-0.39, 0.29) is 11.0 Å². The second kappa shape index (κ2) is 7.98. The Hall–Kier alpha value is -1.68. The molecule has 0 amide bonds. The van der Waals surface area contributed by atoms with Crippen molar-refractivity contribution in [2.45, 2.75) is 29.1 Å². The van der Waals surface area contributed by atoms with E-state index in [0.717, 1.165) is 51.5 Å². The Labute approximate surface area is 176 Å². The highest BCUT2D eigenvalue weighted by Crippen LogP contribution is 2.40. The van der Waals surface area contributed by atoms with Crippen molar-refractivity contribution in [1.82, 2.24) is 15.0 Å². The topological polar surface area (TPSA) is 118 Å². The van der Waals surface area contributed by atoms with Crippen LogP contribution in [0.2, 0.25) is 10.2 Å². The molecule has 4 rings (SSSR count). The van der Waals surface area contributed by atoms with Gasteiger partial charge in [0.2, 0.25) is 5.95 Å². The largest absolute Gasteiger partial charge is 0.384 e. The molecular formula is C17H21Cl2N7OS. The predicted molar refractivity (Wildman–Crippen MR) is 110 cm³/mol. The van der Waals surface area contributed by atoms with Crippen molar-refractivity contribution < 1.29 is 4.74 Å². The van der Waals surface area contributed by atoms with E-state index in [9.17, 15) is 0 Å². The van der Waals surface area contributed by atoms with Crippen LogP contribution in [0.1, 0.15) is 19.3 Å². The number of piperidine rings is 1. The summed E-state index contributed by atoms with van der Waals surface area (Å²) < 4.78 is 5.60. The zero-order valence-corrected chi connectivity index (χ0v) is 17.4. The maximum atomic E-state index is 6.24. The summed E-state index contributed by atoms with van der Waals surface area (Å²) >= 11 is 13.6. The number of aromatic nitrogens is 3. The van der Waals surface area contributed by atoms with E-state index in [1.807, 2.05) is 0 Å². The minimum atomic E-state index is 0.155. The monoisotopic (exact) mass is 441 g/mol. The molecule has 150 valence electrons. The zero-order chi connectivity index (χ0) is 19.7. The fourth-order valence-electron chi connectivity index (χ4n) is 3.64. The number of nitrogens with zero attached hydrogens (tertiary/aromatic N) is 4. The van der Waals surface area contributed by atoms with E-state index in [4.69, 9.17) is 39.5 Å². The molecule has 0 bridgehead atoms. The molecule has 1 spiro atoms. The van der Waals surface area contributed by atoms with E-state index in [0.29, 0.717) is 25.7 Å². The van der Waals surface area contributed by atoms with Crippen LogP contribution in [0.3, 0.4) is 0 Å². The third-order valence-corrected chi connectivity index (χ3v) is 7.25. The minimum absolute atomic E-state index is 0.155. The van der Waals surface area contributed by atoms with Gasteiger partial charge in [-0.3, -0.25) is 0 Å². The number of nitrogen functional groups attached to an aromatic ring is 1. The molecule has 5 N–H and O–H groups in total. The highest BCUT2D eigenvalue weighted by molar-refractivity contribution is 7.99. The lowest BCUT2D eigenvalue weighted by Gasteiger charge is -2.38. The Morgan fingerprint density at radius 3 is 2.71 bits per heavy atom. The maximum absolute atomic E-state index is 6.24. The highest BCUT2D eigenvalue weighted by Gasteiger charge is 2.38. The van der Waals surface area contributed by atoms with Crippen LogP contribution in [-0.2, 0) is 4.74 Å². The van der Waals surface area contributed by atoms with Gasteiger partial charge in [0.15, 0.2) is 10.6 Å². The first-order valence-electron chi connectivity index (χ1n) is 8.95. The molecule has 0 aromatic carbocycles. The summed E-state index contributed by atoms with van der Waals surface area (Å²) in [6.45, 7) is 3.59. The summed E-state index contributed by atoms with van der Waals surface area (Å²) in [7, 11) is 0. The van der Waals surface area contributed by atoms with Crippen LogP contribution in [0, 0.1) is 5.41 Å². The van der Waals surface area contributed by atoms with Gasteiger partial charge in [-0.1, -0.05) is 35.0 Å². The molecular weight excluding hydrogens is 421 g/mol. The average Bonchev–Trinajstić information content (AvgIpc) is 3.14. The molecule has 0 atom stereocenters. The van der Waals surface area contributed by atoms with Crippen molar-refractivity contribution in [3.63, 3.8) is 0 Å². The summed E-state index contributed by atoms with van der Waals surface area (Å²) in [6, 6.07) is 1.65. The summed E-state index contributed by atoms with van der Waals surface area (Å²) in [6.07, 6.45) is 5.07. The van der Waals surface area contributed by atoms with Gasteiger partial charge in [-0.25, -0.2) is 9.97 Å². The molecule has 2 saturated heterocycles. The number of pyridine rings is 1. The van der Waals surface area contributed by atoms with Crippen LogP contribution in [0.5, 0.6) is 0 Å². The summed E-state index contributed by atoms with van der Waals surface area (Å²) in [5, 5.41) is 4.36. The smallest absolute Gasteiger partial charge is 0.204 e. The van der Waals surface area contributed by atoms with Crippen LogP contribution in [0.25, 0.3) is 0 Å². The van der Waals surface area contributed by atoms with Crippen molar-refractivity contribution in [2.24, 2.45) is 16.4 Å². The number of anilines is 2. The quantitative estimate of drug-likeness (QED) is 0.380. The lowest BCUT2D eigenvalue weighted by molar-refractivity contribution is 0.133. The molecule has 2 fully saturated rings. The van der Waals surface area contributed by atoms with Gasteiger partial charge in [-0.2, -0.15) is 5.10 Å². The highest BCUT2D eigenvalue weighted by atomic mass is 35.5. The van der Waals surface area contributed by atoms with E-state index in [1.54, 1.807) is 12.3 Å². The normalized spacial score (nSPS) is 19.5. The Balaban J connectivity index is 1.54. The van der Waals surface area contributed by atoms with Gasteiger partial charge in [0, 0.05) is 30.8 Å². The molecule has 2 aliphatic rings. The average molecular weight is 442 g/mol. The van der Waals surface area contributed by atoms with Crippen molar-refractivity contribution in [3.8, 4) is 0 Å². The Kier molecular flexibility index (Phi) is 5.59. The zero-order valence-electron chi connectivity index (χ0n) is 15.1. The number of hydrogen-bond acceptors (Lipinski definition) is 8. The van der Waals surface area contributed by atoms with E-state index in [2.05, 4.69) is 25.0 Å². The van der Waals surface area contributed by atoms with Gasteiger partial charge in [-0.15, -0.1) is 0 Å². The maximum Gasteiger partial charge on any atom is 0.204 e. The number of nitrogens with one attached hydrogen (secondary N) is 1. The van der Waals surface area contributed by atoms with Crippen LogP contribution < -0.4 is 22.0 Å². The number of halogens is 2. The van der Waals surface area contributed by atoms with Crippen molar-refractivity contribution in [3.05, 3.63) is 27.9 Å². The first-order valence-corrected chi connectivity index (χ1v) is 10.5. The first-order chi connectivity index (χ1) is 13.5. The fourth-order valence-corrected chi connectivity index (χ4v) is 5.01. The van der Waals surface area contributed by atoms with Crippen molar-refractivity contribution in [1.29, 1.82) is 0 Å². The lowest BCUT2D eigenvalue weighted by atomic mass is 9.78. The summed E-state index contributed by atoms with van der Waals surface area (Å²) in [5.74, 6) is 6.65. The Morgan fingerprint density at radius 1 is 1.25 bits per heavy atom. The molecule has 2 aromatic heterocycles. The van der Waals surface area contributed by atoms with E-state index >= 15 is 0 Å². The molecule has 28 heavy (non-hydrogen) atoms. The summed E-state index contributed by atoms with van der Waals surface area (Å²) in [5.41, 5.74) is 6.62. The second-order valence-electron chi connectivity index (χ2n) is 7.09. The van der Waals surface area contributed by atoms with Gasteiger partial charge in [0.05, 0.1) is 16.5 Å². The molecule has 0 saturated carbocycles. The second-order valence-corrected chi connectivity index (χ2v) is 8.91. The van der Waals surface area contributed by atoms with E-state index in [1.165, 1.54) is 11.8 Å². The molecule has 8 nitrogen and oxygen atoms in total. The Bertz CT molecular complexity index is 936. The third-order valence-electron chi connectivity index (χ3n) is 5.33. The minimum Gasteiger partial charge on any atom is -0.384 e. The first kappa shape index (κ1) is 19.6. The van der Waals surface area contributed by atoms with E-state index < -0.39 is 0 Å². The number of ether oxygens (including phenoxy) is 1. The van der Waals surface area contributed by atoms with Crippen molar-refractivity contribution >= 4 is 46.7 Å². The third kappa shape index (κ3) is 3.89. The molecule has 0 radical (unpaired) electrons. The molecule has 2 aromatic rings. The number of aromatic amines is 1. The molecule has 4 heterocycles. The number of nitrogens with two attached hydrogens (primary N) is 2. The number of rotatable bonds is 3. The van der Waals surface area contributed by atoms with Gasteiger partial charge >= 0.3 is 0 Å². The van der Waals surface area contributed by atoms with Gasteiger partial charge < -0.3 is 26.2 Å². The lowest BCUT2D eigenvalue weighted by Crippen LogP contribution is -2.41. The van der Waals surface area contributed by atoms with Crippen LogP contribution >= 0.6 is 35.0 Å². The predicted octanol–water partition coefficient (Wildman–Crippen LogP) is 2.63. The molecule has 2 aliphatic heterocycles. The van der Waals surface area contributed by atoms with Crippen LogP contribution in [0.4, 0.5) is 11.8 Å². The SMILES string of the molecule is N/N=c1\[nH]c(N2CCC3(CCOC3)CC2)ncc1Sc1cc(N)nc(Cl)c1Cl. The molecule has 0 aliphatic carbocycles. The standard InChI is InChI=1S/C17H21Cl2N7OS/c18-13-10(7-12(20)23-14(13)19)28-11-8-22-16(24-15(11)25-21)26-4-1-17(2-5-26)3-6-27-9-17/h7-8H,1-6,9,21H2,(H2,20,23)(H,22,24,25). The fraction of sp³-hybridized carbons (Fsp3) is 0.471. The van der Waals surface area contributed by atoms with Gasteiger partial charge in [-0.05, 0) is 30.7 Å². The van der Waals surface area contributed by atoms with Crippen LogP contribution in [0.15, 0.2) is 27.2 Å². The van der Waals surface area contributed by atoms with Crippen LogP contribution in [-0.4, -0.2) is 41.3 Å².